The second-order valence-corrected chi connectivity index (χ2v) is 10.5. The van der Waals surface area contributed by atoms with Crippen molar-refractivity contribution >= 4 is 48.0 Å². The number of nitrogens with zero attached hydrogens (tertiary/aromatic N) is 1. The van der Waals surface area contributed by atoms with Gasteiger partial charge in [-0.2, -0.15) is 13.2 Å². The number of sulfonamides is 1. The minimum Gasteiger partial charge on any atom is -0.497 e. The van der Waals surface area contributed by atoms with Gasteiger partial charge in [-0.15, -0.1) is 11.3 Å². The molecule has 0 unspecified atom stereocenters. The summed E-state index contributed by atoms with van der Waals surface area (Å²) < 4.78 is 87.6. The molecule has 0 amide bonds. The van der Waals surface area contributed by atoms with Crippen LogP contribution in [0.15, 0.2) is 71.6 Å². The van der Waals surface area contributed by atoms with Gasteiger partial charge < -0.3 is 4.74 Å². The van der Waals surface area contributed by atoms with E-state index in [2.05, 4.69) is 0 Å². The summed E-state index contributed by atoms with van der Waals surface area (Å²) in [5.74, 6) is -1.01. The molecule has 0 bridgehead atoms. The van der Waals surface area contributed by atoms with E-state index in [0.717, 1.165) is 21.7 Å². The van der Waals surface area contributed by atoms with Crippen molar-refractivity contribution in [2.75, 3.05) is 11.4 Å². The van der Waals surface area contributed by atoms with E-state index in [1.807, 2.05) is 0 Å². The molecule has 0 saturated heterocycles. The molecule has 0 aliphatic rings. The number of benzene rings is 3. The number of halogens is 5. The van der Waals surface area contributed by atoms with Gasteiger partial charge in [-0.1, -0.05) is 35.9 Å². The molecule has 0 aliphatic carbocycles. The summed E-state index contributed by atoms with van der Waals surface area (Å²) in [5.41, 5.74) is -1.53. The molecule has 34 heavy (non-hydrogen) atoms. The number of fused-ring (bicyclic) bond motifs is 1. The van der Waals surface area contributed by atoms with Crippen LogP contribution in [0.2, 0.25) is 5.02 Å². The fourth-order valence-corrected chi connectivity index (χ4v) is 6.62. The van der Waals surface area contributed by atoms with Crippen molar-refractivity contribution in [1.82, 2.24) is 0 Å². The maximum absolute atomic E-state index is 13.8. The van der Waals surface area contributed by atoms with Crippen LogP contribution in [0, 0.1) is 5.82 Å². The first-order chi connectivity index (χ1) is 16.0. The lowest BCUT2D eigenvalue weighted by atomic mass is 10.1. The van der Waals surface area contributed by atoms with Gasteiger partial charge in [-0.05, 0) is 48.0 Å². The van der Waals surface area contributed by atoms with E-state index in [1.165, 1.54) is 31.4 Å². The zero-order chi connectivity index (χ0) is 24.7. The van der Waals surface area contributed by atoms with Crippen molar-refractivity contribution in [3.8, 4) is 5.75 Å². The van der Waals surface area contributed by atoms with Crippen LogP contribution in [0.3, 0.4) is 0 Å². The molecule has 1 aromatic heterocycles. The first-order valence-corrected chi connectivity index (χ1v) is 12.4. The second kappa shape index (κ2) is 9.09. The molecule has 0 aliphatic heterocycles. The molecule has 0 N–H and O–H groups in total. The summed E-state index contributed by atoms with van der Waals surface area (Å²) in [6, 6.07) is 14.9. The maximum atomic E-state index is 13.8. The van der Waals surface area contributed by atoms with Crippen LogP contribution in [-0.4, -0.2) is 15.5 Å². The number of thiophene rings is 1. The molecule has 178 valence electrons. The number of methoxy groups -OCH3 is 1. The normalized spacial score (nSPS) is 12.2. The molecule has 11 heteroatoms. The highest BCUT2D eigenvalue weighted by Gasteiger charge is 2.35. The Balaban J connectivity index is 1.87. The van der Waals surface area contributed by atoms with E-state index >= 15 is 0 Å². The van der Waals surface area contributed by atoms with Gasteiger partial charge in [0.15, 0.2) is 0 Å². The van der Waals surface area contributed by atoms with E-state index in [0.29, 0.717) is 28.0 Å². The Morgan fingerprint density at radius 2 is 1.71 bits per heavy atom. The summed E-state index contributed by atoms with van der Waals surface area (Å²) in [6.45, 7) is -0.496. The van der Waals surface area contributed by atoms with Gasteiger partial charge in [0.1, 0.15) is 16.6 Å². The minimum atomic E-state index is -4.94. The fraction of sp³-hybridized carbons (Fsp3) is 0.130. The predicted molar refractivity (Wildman–Crippen MR) is 125 cm³/mol. The third-order valence-corrected chi connectivity index (χ3v) is 8.62. The minimum absolute atomic E-state index is 0.0562. The molecule has 0 spiro atoms. The number of anilines is 1. The van der Waals surface area contributed by atoms with Gasteiger partial charge in [-0.25, -0.2) is 12.8 Å². The molecule has 4 nitrogen and oxygen atoms in total. The molecular weight excluding hydrogens is 514 g/mol. The van der Waals surface area contributed by atoms with E-state index in [1.54, 1.807) is 24.3 Å². The quantitative estimate of drug-likeness (QED) is 0.250. The SMILES string of the molecule is COc1ccc(S(=O)(=O)N(Cc2ccc(F)c(C(F)(F)F)c2)c2sc3ccccc3c2Cl)cc1. The largest absolute Gasteiger partial charge is 0.497 e. The lowest BCUT2D eigenvalue weighted by Gasteiger charge is -2.24. The summed E-state index contributed by atoms with van der Waals surface area (Å²) in [4.78, 5) is -0.111. The van der Waals surface area contributed by atoms with Crippen molar-refractivity contribution in [2.45, 2.75) is 17.6 Å². The first kappa shape index (κ1) is 24.3. The van der Waals surface area contributed by atoms with Crippen molar-refractivity contribution in [2.24, 2.45) is 0 Å². The zero-order valence-corrected chi connectivity index (χ0v) is 19.8. The number of alkyl halides is 3. The Bertz CT molecular complexity index is 1450. The van der Waals surface area contributed by atoms with Gasteiger partial charge in [-0.3, -0.25) is 4.31 Å². The Labute approximate surface area is 202 Å². The fourth-order valence-electron chi connectivity index (χ4n) is 3.36. The monoisotopic (exact) mass is 529 g/mol. The predicted octanol–water partition coefficient (Wildman–Crippen LogP) is 7.12. The molecule has 1 heterocycles. The van der Waals surface area contributed by atoms with Crippen molar-refractivity contribution in [1.29, 1.82) is 0 Å². The summed E-state index contributed by atoms with van der Waals surface area (Å²) in [6.07, 6.45) is -4.94. The highest BCUT2D eigenvalue weighted by molar-refractivity contribution is 7.93. The third-order valence-electron chi connectivity index (χ3n) is 5.05. The zero-order valence-electron chi connectivity index (χ0n) is 17.4. The average Bonchev–Trinajstić information content (AvgIpc) is 3.13. The molecule has 0 atom stereocenters. The summed E-state index contributed by atoms with van der Waals surface area (Å²) in [5, 5.41) is 0.890. The highest BCUT2D eigenvalue weighted by Crippen LogP contribution is 2.44. The van der Waals surface area contributed by atoms with Crippen LogP contribution in [0.5, 0.6) is 5.75 Å². The van der Waals surface area contributed by atoms with Gasteiger partial charge >= 0.3 is 6.18 Å². The van der Waals surface area contributed by atoms with E-state index < -0.39 is 34.1 Å². The first-order valence-electron chi connectivity index (χ1n) is 9.72. The molecule has 0 radical (unpaired) electrons. The molecule has 0 saturated carbocycles. The van der Waals surface area contributed by atoms with Crippen LogP contribution in [0.1, 0.15) is 11.1 Å². The van der Waals surface area contributed by atoms with Crippen LogP contribution >= 0.6 is 22.9 Å². The van der Waals surface area contributed by atoms with Crippen molar-refractivity contribution in [3.63, 3.8) is 0 Å². The molecule has 4 rings (SSSR count). The lowest BCUT2D eigenvalue weighted by molar-refractivity contribution is -0.140. The van der Waals surface area contributed by atoms with Gasteiger partial charge in [0, 0.05) is 10.1 Å². The number of rotatable bonds is 6. The van der Waals surface area contributed by atoms with E-state index in [4.69, 9.17) is 16.3 Å². The number of ether oxygens (including phenoxy) is 1. The molecular formula is C23H16ClF4NO3S2. The Morgan fingerprint density at radius 1 is 1.03 bits per heavy atom. The summed E-state index contributed by atoms with van der Waals surface area (Å²) in [7, 11) is -2.85. The molecule has 4 aromatic rings. The third kappa shape index (κ3) is 4.57. The van der Waals surface area contributed by atoms with Crippen LogP contribution < -0.4 is 9.04 Å². The van der Waals surface area contributed by atoms with Gasteiger partial charge in [0.25, 0.3) is 10.0 Å². The molecule has 0 fully saturated rings. The Morgan fingerprint density at radius 3 is 2.32 bits per heavy atom. The van der Waals surface area contributed by atoms with Crippen LogP contribution in [0.25, 0.3) is 10.1 Å². The smallest absolute Gasteiger partial charge is 0.419 e. The Kier molecular flexibility index (Phi) is 6.50. The number of hydrogen-bond acceptors (Lipinski definition) is 4. The van der Waals surface area contributed by atoms with Crippen molar-refractivity contribution < 1.29 is 30.7 Å². The van der Waals surface area contributed by atoms with E-state index in [9.17, 15) is 26.0 Å². The standard InChI is InChI=1S/C23H16ClF4NO3S2/c1-32-15-7-9-16(10-8-15)34(30,31)29(22-21(24)17-4-2-3-5-20(17)33-22)13-14-6-11-19(25)18(12-14)23(26,27)28/h2-12H,13H2,1H3. The average molecular weight is 530 g/mol. The van der Waals surface area contributed by atoms with Crippen LogP contribution in [0.4, 0.5) is 22.6 Å². The van der Waals surface area contributed by atoms with Gasteiger partial charge in [0.05, 0.1) is 29.1 Å². The number of hydrogen-bond donors (Lipinski definition) is 0. The maximum Gasteiger partial charge on any atom is 0.419 e. The lowest BCUT2D eigenvalue weighted by Crippen LogP contribution is -2.30. The highest BCUT2D eigenvalue weighted by atomic mass is 35.5. The van der Waals surface area contributed by atoms with Crippen molar-refractivity contribution in [3.05, 3.63) is 88.7 Å². The van der Waals surface area contributed by atoms with Crippen LogP contribution in [-0.2, 0) is 22.7 Å². The van der Waals surface area contributed by atoms with Gasteiger partial charge in [0.2, 0.25) is 0 Å². The molecule has 3 aromatic carbocycles. The summed E-state index contributed by atoms with van der Waals surface area (Å²) >= 11 is 7.62. The topological polar surface area (TPSA) is 46.6 Å². The van der Waals surface area contributed by atoms with E-state index in [-0.39, 0.29) is 20.5 Å². The Hall–Kier alpha value is -2.82. The second-order valence-electron chi connectivity index (χ2n) is 7.22.